The molecule has 19 heavy (non-hydrogen) atoms. The normalized spacial score (nSPS) is 13.9. The molecule has 0 aliphatic heterocycles. The zero-order chi connectivity index (χ0) is 14.0. The van der Waals surface area contributed by atoms with Crippen LogP contribution in [0.15, 0.2) is 20.4 Å². The second-order valence-corrected chi connectivity index (χ2v) is 3.98. The summed E-state index contributed by atoms with van der Waals surface area (Å²) < 4.78 is 5.10. The van der Waals surface area contributed by atoms with Crippen molar-refractivity contribution in [2.45, 2.75) is 27.2 Å². The van der Waals surface area contributed by atoms with Gasteiger partial charge in [0.05, 0.1) is 23.3 Å². The van der Waals surface area contributed by atoms with Gasteiger partial charge in [-0.2, -0.15) is 15.3 Å². The Balaban J connectivity index is 0. The number of amidine groups is 1. The molecule has 0 saturated heterocycles. The molecule has 0 aliphatic rings. The fourth-order valence-corrected chi connectivity index (χ4v) is 0.814. The van der Waals surface area contributed by atoms with E-state index in [1.54, 1.807) is 20.9 Å². The molecule has 0 aromatic rings. The van der Waals surface area contributed by atoms with Crippen LogP contribution >= 0.6 is 0 Å². The molecular formula is C10H17N5OS2Zn. The molecule has 0 unspecified atom stereocenters. The van der Waals surface area contributed by atoms with Crippen LogP contribution in [0, 0.1) is 0 Å². The summed E-state index contributed by atoms with van der Waals surface area (Å²) in [4.78, 5) is 0. The minimum atomic E-state index is 0. The molecule has 0 saturated carbocycles. The smallest absolute Gasteiger partial charge is 0.741 e. The first-order valence-electron chi connectivity index (χ1n) is 5.40. The van der Waals surface area contributed by atoms with Gasteiger partial charge in [0.15, 0.2) is 0 Å². The molecule has 0 amide bonds. The van der Waals surface area contributed by atoms with Crippen molar-refractivity contribution < 1.29 is 24.2 Å². The van der Waals surface area contributed by atoms with Gasteiger partial charge >= 0.3 is 19.5 Å². The third-order valence-electron chi connectivity index (χ3n) is 1.74. The molecule has 0 atom stereocenters. The molecule has 102 valence electrons. The van der Waals surface area contributed by atoms with E-state index in [1.165, 1.54) is 0 Å². The SMILES string of the molecule is CCCOC([S-])=NN=C(C)C(C)=NN=C([S-])NC.[Zn+2]. The Hall–Kier alpha value is -0.657. The molecule has 0 aromatic heterocycles. The zero-order valence-electron chi connectivity index (χ0n) is 11.6. The van der Waals surface area contributed by atoms with E-state index in [-0.39, 0.29) is 24.7 Å². The van der Waals surface area contributed by atoms with Crippen LogP contribution in [0.25, 0.3) is 0 Å². The number of hydrogen-bond donors (Lipinski definition) is 1. The van der Waals surface area contributed by atoms with Crippen LogP contribution in [-0.4, -0.2) is 35.5 Å². The minimum absolute atomic E-state index is 0. The summed E-state index contributed by atoms with van der Waals surface area (Å²) in [5, 5.41) is 18.4. The average Bonchev–Trinajstić information content (AvgIpc) is 2.38. The number of nitrogens with one attached hydrogen (secondary N) is 1. The summed E-state index contributed by atoms with van der Waals surface area (Å²) in [5.41, 5.74) is 1.20. The fourth-order valence-electron chi connectivity index (χ4n) is 0.649. The maximum Gasteiger partial charge on any atom is 2.00 e. The Morgan fingerprint density at radius 2 is 1.58 bits per heavy atom. The second kappa shape index (κ2) is 12.4. The maximum atomic E-state index is 5.10. The molecule has 0 rings (SSSR count). The first-order valence-corrected chi connectivity index (χ1v) is 6.22. The topological polar surface area (TPSA) is 70.7 Å². The molecule has 6 nitrogen and oxygen atoms in total. The van der Waals surface area contributed by atoms with Crippen molar-refractivity contribution in [2.75, 3.05) is 13.7 Å². The Morgan fingerprint density at radius 3 is 2.05 bits per heavy atom. The third-order valence-corrected chi connectivity index (χ3v) is 2.22. The summed E-state index contributed by atoms with van der Waals surface area (Å²) in [5.74, 6) is 0. The van der Waals surface area contributed by atoms with Gasteiger partial charge in [-0.25, -0.2) is 0 Å². The van der Waals surface area contributed by atoms with Gasteiger partial charge in [-0.3, -0.25) is 0 Å². The molecular weight excluding hydrogens is 336 g/mol. The van der Waals surface area contributed by atoms with Gasteiger partial charge in [0.2, 0.25) is 0 Å². The van der Waals surface area contributed by atoms with Crippen LogP contribution in [-0.2, 0) is 49.5 Å². The van der Waals surface area contributed by atoms with Crippen molar-refractivity contribution in [1.82, 2.24) is 5.32 Å². The van der Waals surface area contributed by atoms with Gasteiger partial charge in [0.1, 0.15) is 0 Å². The molecule has 0 aliphatic carbocycles. The van der Waals surface area contributed by atoms with Crippen LogP contribution in [0.3, 0.4) is 0 Å². The number of rotatable bonds is 5. The molecule has 0 spiro atoms. The third kappa shape index (κ3) is 10.9. The Bertz CT molecular complexity index is 382. The number of ether oxygens (including phenoxy) is 1. The summed E-state index contributed by atoms with van der Waals surface area (Å²) in [7, 11) is 1.68. The predicted molar refractivity (Wildman–Crippen MR) is 81.1 cm³/mol. The summed E-state index contributed by atoms with van der Waals surface area (Å²) in [6, 6.07) is 0. The van der Waals surface area contributed by atoms with Gasteiger partial charge in [0, 0.05) is 7.05 Å². The van der Waals surface area contributed by atoms with E-state index in [2.05, 4.69) is 25.7 Å². The molecule has 9 heteroatoms. The van der Waals surface area contributed by atoms with Gasteiger partial charge in [-0.05, 0) is 25.4 Å². The quantitative estimate of drug-likeness (QED) is 0.265. The van der Waals surface area contributed by atoms with E-state index in [0.717, 1.165) is 6.42 Å². The molecule has 1 N–H and O–H groups in total. The van der Waals surface area contributed by atoms with E-state index in [1.807, 2.05) is 6.92 Å². The molecule has 0 bridgehead atoms. The van der Waals surface area contributed by atoms with Crippen LogP contribution in [0.4, 0.5) is 0 Å². The van der Waals surface area contributed by atoms with Crippen molar-refractivity contribution in [2.24, 2.45) is 20.4 Å². The van der Waals surface area contributed by atoms with Crippen LogP contribution in [0.5, 0.6) is 0 Å². The summed E-state index contributed by atoms with van der Waals surface area (Å²) >= 11 is 9.68. The summed E-state index contributed by atoms with van der Waals surface area (Å²) in [6.45, 7) is 6.03. The van der Waals surface area contributed by atoms with Crippen molar-refractivity contribution in [1.29, 1.82) is 0 Å². The molecule has 0 heterocycles. The first-order chi connectivity index (χ1) is 8.51. The van der Waals surface area contributed by atoms with E-state index in [9.17, 15) is 0 Å². The van der Waals surface area contributed by atoms with Gasteiger partial charge in [-0.1, -0.05) is 6.92 Å². The van der Waals surface area contributed by atoms with Crippen molar-refractivity contribution >= 4 is 47.1 Å². The number of nitrogens with zero attached hydrogens (tertiary/aromatic N) is 4. The van der Waals surface area contributed by atoms with Gasteiger partial charge in [0.25, 0.3) is 0 Å². The maximum absolute atomic E-state index is 5.10. The monoisotopic (exact) mass is 351 g/mol. The largest absolute Gasteiger partial charge is 2.00 e. The van der Waals surface area contributed by atoms with Gasteiger partial charge < -0.3 is 35.3 Å². The van der Waals surface area contributed by atoms with E-state index < -0.39 is 0 Å². The van der Waals surface area contributed by atoms with Crippen LogP contribution in [0.1, 0.15) is 27.2 Å². The molecule has 0 fully saturated rings. The second-order valence-electron chi connectivity index (χ2n) is 3.24. The van der Waals surface area contributed by atoms with Crippen molar-refractivity contribution in [3.05, 3.63) is 0 Å². The predicted octanol–water partition coefficient (Wildman–Crippen LogP) is 1.19. The Morgan fingerprint density at radius 1 is 1.05 bits per heavy atom. The van der Waals surface area contributed by atoms with Crippen LogP contribution < -0.4 is 5.32 Å². The summed E-state index contributed by atoms with van der Waals surface area (Å²) in [6.07, 6.45) is 0.874. The van der Waals surface area contributed by atoms with Crippen molar-refractivity contribution in [3.8, 4) is 0 Å². The first kappa shape index (κ1) is 20.7. The fraction of sp³-hybridized carbons (Fsp3) is 0.600. The Labute approximate surface area is 137 Å². The van der Waals surface area contributed by atoms with Crippen molar-refractivity contribution in [3.63, 3.8) is 0 Å². The van der Waals surface area contributed by atoms with Crippen LogP contribution in [0.2, 0.25) is 0 Å². The average molecular weight is 353 g/mol. The standard InChI is InChI=1S/C10H19N5OS2.Zn/c1-5-6-16-10(18)15-13-8(3)7(2)12-14-9(17)11-4;/h5-6H2,1-4H3,(H,15,18)(H2,11,14,17);/q;+2/p-2. The van der Waals surface area contributed by atoms with E-state index in [4.69, 9.17) is 30.0 Å². The van der Waals surface area contributed by atoms with Gasteiger partial charge in [-0.15, -0.1) is 5.10 Å². The molecule has 0 radical (unpaired) electrons. The van der Waals surface area contributed by atoms with E-state index in [0.29, 0.717) is 23.2 Å². The Kier molecular flexibility index (Phi) is 13.5. The zero-order valence-corrected chi connectivity index (χ0v) is 16.2. The van der Waals surface area contributed by atoms with E-state index >= 15 is 0 Å². The number of hydrogen-bond acceptors (Lipinski definition) is 7. The molecule has 0 aromatic carbocycles. The minimum Gasteiger partial charge on any atom is -0.741 e.